The van der Waals surface area contributed by atoms with E-state index in [1.165, 1.54) is 11.8 Å². The van der Waals surface area contributed by atoms with Crippen molar-refractivity contribution in [2.24, 2.45) is 0 Å². The van der Waals surface area contributed by atoms with Gasteiger partial charge in [0.25, 0.3) is 0 Å². The lowest BCUT2D eigenvalue weighted by Gasteiger charge is -2.35. The summed E-state index contributed by atoms with van der Waals surface area (Å²) in [5.74, 6) is -0.338. The van der Waals surface area contributed by atoms with Crippen LogP contribution in [-0.2, 0) is 14.3 Å². The second-order valence-electron chi connectivity index (χ2n) is 7.46. The number of hydrogen-bond acceptors (Lipinski definition) is 5. The summed E-state index contributed by atoms with van der Waals surface area (Å²) in [7, 11) is 0. The van der Waals surface area contributed by atoms with E-state index in [9.17, 15) is 9.59 Å². The molecule has 1 saturated heterocycles. The topological polar surface area (TPSA) is 70.7 Å². The van der Waals surface area contributed by atoms with Gasteiger partial charge in [-0.2, -0.15) is 0 Å². The Labute approximate surface area is 195 Å². The van der Waals surface area contributed by atoms with E-state index in [-0.39, 0.29) is 24.3 Å². The molecule has 2 atom stereocenters. The van der Waals surface area contributed by atoms with Gasteiger partial charge in [0.15, 0.2) is 0 Å². The van der Waals surface area contributed by atoms with Crippen molar-refractivity contribution in [2.75, 3.05) is 38.2 Å². The van der Waals surface area contributed by atoms with Gasteiger partial charge in [-0.05, 0) is 35.9 Å². The first-order chi connectivity index (χ1) is 15.0. The Morgan fingerprint density at radius 3 is 2.61 bits per heavy atom. The van der Waals surface area contributed by atoms with Gasteiger partial charge < -0.3 is 15.4 Å². The van der Waals surface area contributed by atoms with Gasteiger partial charge >= 0.3 is 0 Å². The maximum Gasteiger partial charge on any atom is 0.238 e. The summed E-state index contributed by atoms with van der Waals surface area (Å²) in [4.78, 5) is 28.4. The lowest BCUT2D eigenvalue weighted by Crippen LogP contribution is -2.44. The normalized spacial score (nSPS) is 19.9. The molecule has 6 nitrogen and oxygen atoms in total. The van der Waals surface area contributed by atoms with Gasteiger partial charge in [-0.15, -0.1) is 11.8 Å². The highest BCUT2D eigenvalue weighted by Crippen LogP contribution is 2.38. The number of amides is 2. The van der Waals surface area contributed by atoms with Crippen LogP contribution in [0, 0.1) is 0 Å². The van der Waals surface area contributed by atoms with Crippen LogP contribution in [0.2, 0.25) is 10.0 Å². The number of fused-ring (bicyclic) bond motifs is 1. The fraction of sp³-hybridized carbons (Fsp3) is 0.364. The number of nitrogens with one attached hydrogen (secondary N) is 2. The van der Waals surface area contributed by atoms with E-state index < -0.39 is 5.25 Å². The SMILES string of the molecule is O=C(CC1Sc2ccc(Cl)cc2NC1=O)NCC(c1ccc(Cl)cc1)N1CCOCC1. The van der Waals surface area contributed by atoms with Crippen LogP contribution >= 0.6 is 35.0 Å². The van der Waals surface area contributed by atoms with Crippen molar-refractivity contribution in [1.29, 1.82) is 0 Å². The summed E-state index contributed by atoms with van der Waals surface area (Å²) < 4.78 is 5.47. The zero-order chi connectivity index (χ0) is 21.8. The number of carbonyl (C=O) groups excluding carboxylic acids is 2. The Morgan fingerprint density at radius 2 is 1.87 bits per heavy atom. The van der Waals surface area contributed by atoms with E-state index in [1.807, 2.05) is 30.3 Å². The van der Waals surface area contributed by atoms with Crippen LogP contribution in [0.5, 0.6) is 0 Å². The van der Waals surface area contributed by atoms with Gasteiger partial charge in [-0.1, -0.05) is 35.3 Å². The Hall–Kier alpha value is -1.77. The summed E-state index contributed by atoms with van der Waals surface area (Å²) in [5.41, 5.74) is 1.77. The molecule has 2 amide bonds. The third-order valence-corrected chi connectivity index (χ3v) is 7.13. The lowest BCUT2D eigenvalue weighted by molar-refractivity contribution is -0.124. The summed E-state index contributed by atoms with van der Waals surface area (Å²) in [6.07, 6.45) is 0.106. The predicted molar refractivity (Wildman–Crippen MR) is 124 cm³/mol. The zero-order valence-electron chi connectivity index (χ0n) is 16.8. The number of anilines is 1. The maximum atomic E-state index is 12.7. The van der Waals surface area contributed by atoms with Crippen molar-refractivity contribution in [3.63, 3.8) is 0 Å². The fourth-order valence-electron chi connectivity index (χ4n) is 3.74. The molecule has 2 aliphatic heterocycles. The molecule has 0 aliphatic carbocycles. The molecule has 9 heteroatoms. The molecule has 0 spiro atoms. The number of hydrogen-bond donors (Lipinski definition) is 2. The number of benzene rings is 2. The fourth-order valence-corrected chi connectivity index (χ4v) is 5.13. The molecule has 1 fully saturated rings. The minimum Gasteiger partial charge on any atom is -0.379 e. The molecule has 0 bridgehead atoms. The van der Waals surface area contributed by atoms with E-state index in [4.69, 9.17) is 27.9 Å². The van der Waals surface area contributed by atoms with Gasteiger partial charge in [-0.25, -0.2) is 0 Å². The van der Waals surface area contributed by atoms with Crippen LogP contribution in [0.15, 0.2) is 47.4 Å². The number of ether oxygens (including phenoxy) is 1. The first-order valence-electron chi connectivity index (χ1n) is 10.1. The molecule has 0 saturated carbocycles. The van der Waals surface area contributed by atoms with E-state index in [1.54, 1.807) is 12.1 Å². The maximum absolute atomic E-state index is 12.7. The van der Waals surface area contributed by atoms with Crippen molar-refractivity contribution in [3.8, 4) is 0 Å². The Bertz CT molecular complexity index is 952. The van der Waals surface area contributed by atoms with Crippen molar-refractivity contribution >= 4 is 52.5 Å². The summed E-state index contributed by atoms with van der Waals surface area (Å²) in [6.45, 7) is 3.37. The third kappa shape index (κ3) is 5.73. The molecule has 164 valence electrons. The summed E-state index contributed by atoms with van der Waals surface area (Å²) >= 11 is 13.4. The molecule has 4 rings (SSSR count). The molecule has 0 aromatic heterocycles. The third-order valence-electron chi connectivity index (χ3n) is 5.37. The molecule has 2 unspecified atom stereocenters. The summed E-state index contributed by atoms with van der Waals surface area (Å²) in [5, 5.41) is 6.63. The van der Waals surface area contributed by atoms with Gasteiger partial charge in [0.2, 0.25) is 11.8 Å². The molecule has 2 aromatic rings. The van der Waals surface area contributed by atoms with Crippen molar-refractivity contribution in [2.45, 2.75) is 22.6 Å². The number of carbonyl (C=O) groups is 2. The molecule has 2 aliphatic rings. The van der Waals surface area contributed by atoms with Gasteiger partial charge in [0.05, 0.1) is 30.2 Å². The average molecular weight is 480 g/mol. The average Bonchev–Trinajstić information content (AvgIpc) is 2.76. The molecule has 2 heterocycles. The highest BCUT2D eigenvalue weighted by atomic mass is 35.5. The van der Waals surface area contributed by atoms with E-state index in [2.05, 4.69) is 15.5 Å². The number of nitrogens with zero attached hydrogens (tertiary/aromatic N) is 1. The molecule has 31 heavy (non-hydrogen) atoms. The van der Waals surface area contributed by atoms with Crippen LogP contribution in [-0.4, -0.2) is 54.8 Å². The van der Waals surface area contributed by atoms with Crippen LogP contribution in [0.4, 0.5) is 5.69 Å². The predicted octanol–water partition coefficient (Wildman–Crippen LogP) is 3.99. The second kappa shape index (κ2) is 10.2. The van der Waals surface area contributed by atoms with Crippen molar-refractivity contribution < 1.29 is 14.3 Å². The Morgan fingerprint density at radius 1 is 1.16 bits per heavy atom. The van der Waals surface area contributed by atoms with Crippen LogP contribution < -0.4 is 10.6 Å². The standard InChI is InChI=1S/C22H23Cl2N3O3S/c23-15-3-1-14(2-4-15)18(27-7-9-30-10-8-27)13-25-21(28)12-20-22(29)26-17-11-16(24)5-6-19(17)31-20/h1-6,11,18,20H,7-10,12-13H2,(H,25,28)(H,26,29). The quantitative estimate of drug-likeness (QED) is 0.655. The van der Waals surface area contributed by atoms with Crippen LogP contribution in [0.3, 0.4) is 0 Å². The van der Waals surface area contributed by atoms with Crippen molar-refractivity contribution in [1.82, 2.24) is 10.2 Å². The second-order valence-corrected chi connectivity index (χ2v) is 9.58. The largest absolute Gasteiger partial charge is 0.379 e. The van der Waals surface area contributed by atoms with Gasteiger partial charge in [0.1, 0.15) is 0 Å². The monoisotopic (exact) mass is 479 g/mol. The molecule has 0 radical (unpaired) electrons. The minimum absolute atomic E-state index is 0.0146. The van der Waals surface area contributed by atoms with Gasteiger partial charge in [0, 0.05) is 41.0 Å². The Balaban J connectivity index is 1.39. The first kappa shape index (κ1) is 22.4. The molecule has 2 N–H and O–H groups in total. The lowest BCUT2D eigenvalue weighted by atomic mass is 10.0. The number of halogens is 2. The Kier molecular flexibility index (Phi) is 7.40. The molecular formula is C22H23Cl2N3O3S. The van der Waals surface area contributed by atoms with Crippen LogP contribution in [0.25, 0.3) is 0 Å². The number of rotatable bonds is 6. The van der Waals surface area contributed by atoms with Crippen molar-refractivity contribution in [3.05, 3.63) is 58.1 Å². The molecule has 2 aromatic carbocycles. The number of thioether (sulfide) groups is 1. The minimum atomic E-state index is -0.481. The van der Waals surface area contributed by atoms with E-state index in [0.717, 1.165) is 23.5 Å². The molecular weight excluding hydrogens is 457 g/mol. The smallest absolute Gasteiger partial charge is 0.238 e. The van der Waals surface area contributed by atoms with Gasteiger partial charge in [-0.3, -0.25) is 14.5 Å². The van der Waals surface area contributed by atoms with E-state index in [0.29, 0.717) is 35.5 Å². The summed E-state index contributed by atoms with van der Waals surface area (Å²) in [6, 6.07) is 13.1. The van der Waals surface area contributed by atoms with E-state index >= 15 is 0 Å². The van der Waals surface area contributed by atoms with Crippen LogP contribution in [0.1, 0.15) is 18.0 Å². The zero-order valence-corrected chi connectivity index (χ0v) is 19.1. The highest BCUT2D eigenvalue weighted by Gasteiger charge is 2.30. The number of morpholine rings is 1. The highest BCUT2D eigenvalue weighted by molar-refractivity contribution is 8.01. The first-order valence-corrected chi connectivity index (χ1v) is 11.7.